The highest BCUT2D eigenvalue weighted by atomic mass is 35.5. The van der Waals surface area contributed by atoms with E-state index in [-0.39, 0.29) is 24.3 Å². The first-order chi connectivity index (χ1) is 11.7. The van der Waals surface area contributed by atoms with E-state index in [1.54, 1.807) is 0 Å². The van der Waals surface area contributed by atoms with Gasteiger partial charge in [-0.05, 0) is 36.4 Å². The molecule has 0 bridgehead atoms. The monoisotopic (exact) mass is 378 g/mol. The van der Waals surface area contributed by atoms with Crippen LogP contribution < -0.4 is 10.6 Å². The summed E-state index contributed by atoms with van der Waals surface area (Å²) in [5, 5.41) is 4.56. The Morgan fingerprint density at radius 3 is 2.32 bits per heavy atom. The molecule has 1 amide bonds. The number of hydrogen-bond donors (Lipinski definition) is 2. The number of amides is 1. The number of carbonyl (C=O) groups excluding carboxylic acids is 1. The number of carbonyl (C=O) groups is 1. The molecule has 134 valence electrons. The van der Waals surface area contributed by atoms with Crippen molar-refractivity contribution in [2.45, 2.75) is 12.6 Å². The third kappa shape index (κ3) is 5.32. The summed E-state index contributed by atoms with van der Waals surface area (Å²) in [6.07, 6.45) is -4.73. The molecule has 0 unspecified atom stereocenters. The number of nitrogens with one attached hydrogen (secondary N) is 2. The SMILES string of the molecule is O=C(CCNc1ccc(F)c(F)c1)Nc1ccc(Cl)c(C(F)(F)F)c1. The highest BCUT2D eigenvalue weighted by Crippen LogP contribution is 2.36. The largest absolute Gasteiger partial charge is 0.417 e. The van der Waals surface area contributed by atoms with Crippen molar-refractivity contribution in [2.24, 2.45) is 0 Å². The van der Waals surface area contributed by atoms with Gasteiger partial charge >= 0.3 is 6.18 Å². The van der Waals surface area contributed by atoms with Crippen LogP contribution in [0.4, 0.5) is 33.3 Å². The lowest BCUT2D eigenvalue weighted by molar-refractivity contribution is -0.137. The summed E-state index contributed by atoms with van der Waals surface area (Å²) in [4.78, 5) is 11.8. The smallest absolute Gasteiger partial charge is 0.384 e. The zero-order valence-electron chi connectivity index (χ0n) is 12.6. The Labute approximate surface area is 144 Å². The van der Waals surface area contributed by atoms with E-state index in [1.807, 2.05) is 0 Å². The first-order valence-corrected chi connectivity index (χ1v) is 7.40. The lowest BCUT2D eigenvalue weighted by Crippen LogP contribution is -2.17. The van der Waals surface area contributed by atoms with Crippen LogP contribution in [0, 0.1) is 11.6 Å². The van der Waals surface area contributed by atoms with E-state index < -0.39 is 34.3 Å². The van der Waals surface area contributed by atoms with Gasteiger partial charge in [0.25, 0.3) is 0 Å². The predicted octanol–water partition coefficient (Wildman–Crippen LogP) is 5.08. The maximum atomic E-state index is 13.0. The predicted molar refractivity (Wildman–Crippen MR) is 84.5 cm³/mol. The second-order valence-corrected chi connectivity index (χ2v) is 5.45. The zero-order valence-corrected chi connectivity index (χ0v) is 13.3. The number of anilines is 2. The Kier molecular flexibility index (Phi) is 5.84. The molecule has 0 aliphatic rings. The van der Waals surface area contributed by atoms with Gasteiger partial charge in [0, 0.05) is 24.3 Å². The van der Waals surface area contributed by atoms with Crippen LogP contribution in [0.25, 0.3) is 0 Å². The summed E-state index contributed by atoms with van der Waals surface area (Å²) < 4.78 is 64.1. The van der Waals surface area contributed by atoms with Gasteiger partial charge in [0.05, 0.1) is 10.6 Å². The molecule has 0 aliphatic carbocycles. The number of alkyl halides is 3. The zero-order chi connectivity index (χ0) is 18.6. The summed E-state index contributed by atoms with van der Waals surface area (Å²) in [5.41, 5.74) is -0.820. The average Bonchev–Trinajstić information content (AvgIpc) is 2.51. The lowest BCUT2D eigenvalue weighted by atomic mass is 10.2. The minimum Gasteiger partial charge on any atom is -0.384 e. The molecule has 0 aromatic heterocycles. The van der Waals surface area contributed by atoms with Gasteiger partial charge in [-0.15, -0.1) is 0 Å². The number of benzene rings is 2. The normalized spacial score (nSPS) is 11.3. The molecule has 9 heteroatoms. The molecule has 0 spiro atoms. The molecular formula is C16H12ClF5N2O. The summed E-state index contributed by atoms with van der Waals surface area (Å²) in [6.45, 7) is 0.0800. The topological polar surface area (TPSA) is 41.1 Å². The van der Waals surface area contributed by atoms with Crippen molar-refractivity contribution in [1.82, 2.24) is 0 Å². The molecule has 0 fully saturated rings. The van der Waals surface area contributed by atoms with Gasteiger partial charge in [-0.1, -0.05) is 11.6 Å². The van der Waals surface area contributed by atoms with Crippen molar-refractivity contribution >= 4 is 28.9 Å². The Morgan fingerprint density at radius 2 is 1.68 bits per heavy atom. The maximum absolute atomic E-state index is 13.0. The quantitative estimate of drug-likeness (QED) is 0.712. The summed E-state index contributed by atoms with van der Waals surface area (Å²) in [7, 11) is 0. The van der Waals surface area contributed by atoms with E-state index in [1.165, 1.54) is 12.1 Å². The van der Waals surface area contributed by atoms with Crippen LogP contribution in [0.5, 0.6) is 0 Å². The van der Waals surface area contributed by atoms with Crippen LogP contribution >= 0.6 is 11.6 Å². The molecule has 0 atom stereocenters. The van der Waals surface area contributed by atoms with E-state index in [2.05, 4.69) is 10.6 Å². The minimum atomic E-state index is -4.63. The van der Waals surface area contributed by atoms with Crippen LogP contribution in [0.3, 0.4) is 0 Å². The van der Waals surface area contributed by atoms with Crippen molar-refractivity contribution in [3.63, 3.8) is 0 Å². The molecule has 2 aromatic carbocycles. The molecule has 0 saturated carbocycles. The fourth-order valence-corrected chi connectivity index (χ4v) is 2.19. The first kappa shape index (κ1) is 19.0. The van der Waals surface area contributed by atoms with E-state index in [0.29, 0.717) is 0 Å². The van der Waals surface area contributed by atoms with Crippen LogP contribution in [0.1, 0.15) is 12.0 Å². The number of halogens is 6. The van der Waals surface area contributed by atoms with Gasteiger partial charge in [-0.2, -0.15) is 13.2 Å². The van der Waals surface area contributed by atoms with E-state index in [9.17, 15) is 26.7 Å². The van der Waals surface area contributed by atoms with Crippen LogP contribution in [-0.4, -0.2) is 12.5 Å². The molecule has 3 nitrogen and oxygen atoms in total. The molecule has 0 saturated heterocycles. The highest BCUT2D eigenvalue weighted by Gasteiger charge is 2.33. The van der Waals surface area contributed by atoms with Gasteiger partial charge in [0.1, 0.15) is 0 Å². The van der Waals surface area contributed by atoms with Gasteiger partial charge in [0.15, 0.2) is 11.6 Å². The number of hydrogen-bond acceptors (Lipinski definition) is 2. The van der Waals surface area contributed by atoms with Crippen molar-refractivity contribution in [1.29, 1.82) is 0 Å². The Hall–Kier alpha value is -2.35. The van der Waals surface area contributed by atoms with E-state index in [0.717, 1.165) is 24.3 Å². The second kappa shape index (κ2) is 7.69. The third-order valence-electron chi connectivity index (χ3n) is 3.16. The molecule has 0 heterocycles. The van der Waals surface area contributed by atoms with Crippen LogP contribution in [-0.2, 0) is 11.0 Å². The molecule has 25 heavy (non-hydrogen) atoms. The summed E-state index contributed by atoms with van der Waals surface area (Å²) >= 11 is 5.49. The second-order valence-electron chi connectivity index (χ2n) is 5.05. The van der Waals surface area contributed by atoms with Crippen molar-refractivity contribution in [2.75, 3.05) is 17.2 Å². The average molecular weight is 379 g/mol. The van der Waals surface area contributed by atoms with Crippen molar-refractivity contribution in [3.8, 4) is 0 Å². The maximum Gasteiger partial charge on any atom is 0.417 e. The summed E-state index contributed by atoms with van der Waals surface area (Å²) in [5.74, 6) is -2.58. The van der Waals surface area contributed by atoms with Gasteiger partial charge < -0.3 is 10.6 Å². The molecule has 0 aliphatic heterocycles. The highest BCUT2D eigenvalue weighted by molar-refractivity contribution is 6.31. The Morgan fingerprint density at radius 1 is 1.00 bits per heavy atom. The van der Waals surface area contributed by atoms with E-state index >= 15 is 0 Å². The van der Waals surface area contributed by atoms with E-state index in [4.69, 9.17) is 11.6 Å². The molecule has 2 N–H and O–H groups in total. The van der Waals surface area contributed by atoms with Crippen LogP contribution in [0.15, 0.2) is 36.4 Å². The van der Waals surface area contributed by atoms with Crippen molar-refractivity contribution in [3.05, 3.63) is 58.6 Å². The van der Waals surface area contributed by atoms with Gasteiger partial charge in [-0.3, -0.25) is 4.79 Å². The molecule has 2 rings (SSSR count). The Bertz CT molecular complexity index is 780. The number of rotatable bonds is 5. The summed E-state index contributed by atoms with van der Waals surface area (Å²) in [6, 6.07) is 6.19. The fourth-order valence-electron chi connectivity index (χ4n) is 1.97. The Balaban J connectivity index is 1.91. The molecular weight excluding hydrogens is 367 g/mol. The molecule has 2 aromatic rings. The first-order valence-electron chi connectivity index (χ1n) is 7.02. The molecule has 0 radical (unpaired) electrons. The fraction of sp³-hybridized carbons (Fsp3) is 0.188. The van der Waals surface area contributed by atoms with Crippen molar-refractivity contribution < 1.29 is 26.7 Å². The lowest BCUT2D eigenvalue weighted by Gasteiger charge is -2.12. The van der Waals surface area contributed by atoms with Gasteiger partial charge in [-0.25, -0.2) is 8.78 Å². The van der Waals surface area contributed by atoms with Crippen LogP contribution in [0.2, 0.25) is 5.02 Å². The minimum absolute atomic E-state index is 0.0467. The van der Waals surface area contributed by atoms with Gasteiger partial charge in [0.2, 0.25) is 5.91 Å². The third-order valence-corrected chi connectivity index (χ3v) is 3.49. The standard InChI is InChI=1S/C16H12ClF5N2O/c17-12-3-1-10(7-11(12)16(20,21)22)24-15(25)5-6-23-9-2-4-13(18)14(19)8-9/h1-4,7-8,23H,5-6H2,(H,24,25).